The molecule has 1 saturated carbocycles. The Morgan fingerprint density at radius 1 is 1.06 bits per heavy atom. The minimum Gasteiger partial charge on any atom is -0.493 e. The van der Waals surface area contributed by atoms with E-state index in [0.717, 1.165) is 50.1 Å². The van der Waals surface area contributed by atoms with E-state index in [1.165, 1.54) is 11.6 Å². The number of carbonyl (C=O) groups is 1. The quantitative estimate of drug-likeness (QED) is 0.648. The summed E-state index contributed by atoms with van der Waals surface area (Å²) in [6.45, 7) is 0.979. The number of fused-ring (bicyclic) bond motifs is 1. The second-order valence-electron chi connectivity index (χ2n) is 8.67. The van der Waals surface area contributed by atoms with Gasteiger partial charge in [0, 0.05) is 29.3 Å². The molecule has 3 unspecified atom stereocenters. The van der Waals surface area contributed by atoms with Crippen molar-refractivity contribution >= 4 is 24.1 Å². The van der Waals surface area contributed by atoms with Gasteiger partial charge in [0.05, 0.1) is 14.2 Å². The lowest BCUT2D eigenvalue weighted by molar-refractivity contribution is 0.156. The predicted octanol–water partition coefficient (Wildman–Crippen LogP) is 4.72. The second kappa shape index (κ2) is 10.1. The first-order valence-electron chi connectivity index (χ1n) is 10.8. The van der Waals surface area contributed by atoms with Gasteiger partial charge < -0.3 is 25.0 Å². The average Bonchev–Trinajstić information content (AvgIpc) is 3.13. The normalized spacial score (nSPS) is 24.4. The summed E-state index contributed by atoms with van der Waals surface area (Å²) in [4.78, 5) is 14.8. The van der Waals surface area contributed by atoms with Crippen molar-refractivity contribution in [3.05, 3.63) is 53.6 Å². The van der Waals surface area contributed by atoms with Crippen LogP contribution in [0.3, 0.4) is 0 Å². The Morgan fingerprint density at radius 3 is 2.52 bits per heavy atom. The third-order valence-corrected chi connectivity index (χ3v) is 7.00. The van der Waals surface area contributed by atoms with Crippen LogP contribution in [-0.2, 0) is 5.41 Å². The number of nitrogens with one attached hydrogen (secondary N) is 2. The highest BCUT2D eigenvalue weighted by molar-refractivity contribution is 5.89. The van der Waals surface area contributed by atoms with Gasteiger partial charge in [-0.2, -0.15) is 0 Å². The van der Waals surface area contributed by atoms with Crippen LogP contribution in [0.5, 0.6) is 11.5 Å². The van der Waals surface area contributed by atoms with Crippen LogP contribution in [0.4, 0.5) is 19.3 Å². The lowest BCUT2D eigenvalue weighted by Gasteiger charge is -2.45. The molecule has 2 aliphatic rings. The maximum absolute atomic E-state index is 13.4. The van der Waals surface area contributed by atoms with Gasteiger partial charge in [-0.05, 0) is 69.1 Å². The second-order valence-corrected chi connectivity index (χ2v) is 8.67. The van der Waals surface area contributed by atoms with E-state index in [1.54, 1.807) is 14.2 Å². The zero-order valence-electron chi connectivity index (χ0n) is 19.0. The van der Waals surface area contributed by atoms with E-state index in [2.05, 4.69) is 34.7 Å². The Morgan fingerprint density at radius 2 is 1.82 bits per heavy atom. The minimum absolute atomic E-state index is 0. The van der Waals surface area contributed by atoms with Gasteiger partial charge in [-0.1, -0.05) is 6.07 Å². The fraction of sp³-hybridized carbons (Fsp3) is 0.458. The van der Waals surface area contributed by atoms with Crippen LogP contribution in [-0.4, -0.2) is 50.8 Å². The number of methoxy groups -OCH3 is 2. The first-order chi connectivity index (χ1) is 15.4. The van der Waals surface area contributed by atoms with Crippen molar-refractivity contribution in [2.75, 3.05) is 33.1 Å². The summed E-state index contributed by atoms with van der Waals surface area (Å²) in [5.74, 6) is -0.509. The Balaban J connectivity index is 0.00000306. The number of likely N-dealkylation sites (N-methyl/N-ethyl adjacent to an activating group) is 1. The molecule has 3 atom stereocenters. The number of halogens is 3. The van der Waals surface area contributed by atoms with Gasteiger partial charge in [0.2, 0.25) is 0 Å². The molecule has 0 radical (unpaired) electrons. The zero-order valence-corrected chi connectivity index (χ0v) is 19.8. The highest BCUT2D eigenvalue weighted by Crippen LogP contribution is 2.49. The number of likely N-dealkylation sites (tertiary alicyclic amines) is 1. The molecule has 1 saturated heterocycles. The van der Waals surface area contributed by atoms with Gasteiger partial charge in [-0.15, -0.1) is 12.4 Å². The van der Waals surface area contributed by atoms with Crippen LogP contribution in [0, 0.1) is 11.6 Å². The minimum atomic E-state index is -0.993. The Bertz CT molecular complexity index is 1010. The summed E-state index contributed by atoms with van der Waals surface area (Å²) in [7, 11) is 5.39. The molecule has 0 spiro atoms. The molecule has 9 heteroatoms. The van der Waals surface area contributed by atoms with Crippen molar-refractivity contribution < 1.29 is 23.0 Å². The first-order valence-corrected chi connectivity index (χ1v) is 10.8. The molecule has 2 aromatic rings. The lowest BCUT2D eigenvalue weighted by atomic mass is 9.65. The Kier molecular flexibility index (Phi) is 7.69. The molecular weight excluding hydrogens is 452 g/mol. The number of hydrogen-bond acceptors (Lipinski definition) is 4. The van der Waals surface area contributed by atoms with Crippen molar-refractivity contribution in [2.45, 2.75) is 43.2 Å². The molecule has 1 aliphatic heterocycles. The van der Waals surface area contributed by atoms with E-state index in [9.17, 15) is 13.6 Å². The van der Waals surface area contributed by atoms with Crippen LogP contribution in [0.1, 0.15) is 31.2 Å². The molecule has 0 aromatic heterocycles. The number of nitrogens with zero attached hydrogens (tertiary/aromatic N) is 1. The predicted molar refractivity (Wildman–Crippen MR) is 126 cm³/mol. The molecule has 1 heterocycles. The molecular formula is C24H30ClF2N3O3. The lowest BCUT2D eigenvalue weighted by Crippen LogP contribution is -2.52. The van der Waals surface area contributed by atoms with Crippen LogP contribution in [0.25, 0.3) is 0 Å². The molecule has 180 valence electrons. The van der Waals surface area contributed by atoms with Gasteiger partial charge in [0.25, 0.3) is 0 Å². The smallest absolute Gasteiger partial charge is 0.319 e. The molecule has 33 heavy (non-hydrogen) atoms. The number of rotatable bonds is 5. The molecule has 4 rings (SSSR count). The number of anilines is 1. The van der Waals surface area contributed by atoms with E-state index in [1.807, 2.05) is 6.07 Å². The third-order valence-electron chi connectivity index (χ3n) is 7.00. The van der Waals surface area contributed by atoms with Crippen molar-refractivity contribution in [3.8, 4) is 11.5 Å². The molecule has 1 aliphatic carbocycles. The molecule has 2 aromatic carbocycles. The first kappa shape index (κ1) is 25.1. The van der Waals surface area contributed by atoms with Gasteiger partial charge in [-0.3, -0.25) is 0 Å². The van der Waals surface area contributed by atoms with Gasteiger partial charge in [-0.25, -0.2) is 13.6 Å². The number of urea groups is 1. The summed E-state index contributed by atoms with van der Waals surface area (Å²) < 4.78 is 37.5. The summed E-state index contributed by atoms with van der Waals surface area (Å²) in [6, 6.07) is 9.30. The number of amides is 2. The molecule has 6 nitrogen and oxygen atoms in total. The maximum atomic E-state index is 13.4. The Labute approximate surface area is 199 Å². The third kappa shape index (κ3) is 4.87. The summed E-state index contributed by atoms with van der Waals surface area (Å²) in [5.41, 5.74) is 1.44. The van der Waals surface area contributed by atoms with Crippen LogP contribution >= 0.6 is 12.4 Å². The monoisotopic (exact) mass is 481 g/mol. The number of benzene rings is 2. The van der Waals surface area contributed by atoms with E-state index in [4.69, 9.17) is 9.47 Å². The summed E-state index contributed by atoms with van der Waals surface area (Å²) in [6.07, 6.45) is 3.59. The van der Waals surface area contributed by atoms with Crippen LogP contribution in [0.15, 0.2) is 36.4 Å². The molecule has 2 N–H and O–H groups in total. The highest BCUT2D eigenvalue weighted by Gasteiger charge is 2.50. The maximum Gasteiger partial charge on any atom is 0.319 e. The standard InChI is InChI=1S/C24H29F2N3O3.ClH/c1-29-11-10-24(15-4-7-20(31-2)21(12-15)32-3)9-8-17(14-22(24)29)28-23(30)27-16-5-6-18(25)19(26)13-16;/h4-7,12-13,17,22H,8-11,14H2,1-3H3,(H2,27,28,30);1H. The molecule has 2 amide bonds. The van der Waals surface area contributed by atoms with Crippen molar-refractivity contribution in [1.82, 2.24) is 10.2 Å². The van der Waals surface area contributed by atoms with Crippen LogP contribution < -0.4 is 20.1 Å². The number of carbonyl (C=O) groups excluding carboxylic acids is 1. The number of ether oxygens (including phenoxy) is 2. The fourth-order valence-electron chi connectivity index (χ4n) is 5.32. The van der Waals surface area contributed by atoms with Gasteiger partial charge in [0.15, 0.2) is 23.1 Å². The fourth-order valence-corrected chi connectivity index (χ4v) is 5.32. The number of hydrogen-bond donors (Lipinski definition) is 2. The highest BCUT2D eigenvalue weighted by atomic mass is 35.5. The van der Waals surface area contributed by atoms with Crippen molar-refractivity contribution in [2.24, 2.45) is 0 Å². The van der Waals surface area contributed by atoms with Crippen molar-refractivity contribution in [3.63, 3.8) is 0 Å². The average molecular weight is 482 g/mol. The molecule has 2 fully saturated rings. The van der Waals surface area contributed by atoms with E-state index >= 15 is 0 Å². The SMILES string of the molecule is COc1ccc(C23CCC(NC(=O)Nc4ccc(F)c(F)c4)CC2N(C)CC3)cc1OC.Cl. The summed E-state index contributed by atoms with van der Waals surface area (Å²) in [5, 5.41) is 5.60. The largest absolute Gasteiger partial charge is 0.493 e. The molecule has 0 bridgehead atoms. The zero-order chi connectivity index (χ0) is 22.9. The van der Waals surface area contributed by atoms with Crippen molar-refractivity contribution in [1.29, 1.82) is 0 Å². The van der Waals surface area contributed by atoms with E-state index < -0.39 is 17.7 Å². The van der Waals surface area contributed by atoms with Crippen LogP contribution in [0.2, 0.25) is 0 Å². The van der Waals surface area contributed by atoms with Gasteiger partial charge >= 0.3 is 6.03 Å². The van der Waals surface area contributed by atoms with Gasteiger partial charge in [0.1, 0.15) is 0 Å². The topological polar surface area (TPSA) is 62.8 Å². The van der Waals surface area contributed by atoms with E-state index in [0.29, 0.717) is 5.75 Å². The Hall–Kier alpha value is -2.58. The van der Waals surface area contributed by atoms with E-state index in [-0.39, 0.29) is 35.6 Å². The summed E-state index contributed by atoms with van der Waals surface area (Å²) >= 11 is 0.